The van der Waals surface area contributed by atoms with Crippen molar-refractivity contribution in [3.05, 3.63) is 71.4 Å². The number of H-pyrrole nitrogens is 1. The zero-order valence-electron chi connectivity index (χ0n) is 22.3. The SMILES string of the molecule is CN(C)CCNC(=O)COc1ccc(-c2nc3ncc(Cl)c(N[C@@H]4CCN(Cc5ccccc5)C4)c3[nH]2)cc1. The number of carbonyl (C=O) groups is 1. The molecule has 1 fully saturated rings. The van der Waals surface area contributed by atoms with Crippen LogP contribution in [0.25, 0.3) is 22.6 Å². The number of likely N-dealkylation sites (tertiary alicyclic amines) is 1. The third-order valence-corrected chi connectivity index (χ3v) is 7.01. The number of nitrogens with one attached hydrogen (secondary N) is 3. The highest BCUT2D eigenvalue weighted by molar-refractivity contribution is 6.34. The lowest BCUT2D eigenvalue weighted by atomic mass is 10.2. The number of benzene rings is 2. The molecule has 3 heterocycles. The Kier molecular flexibility index (Phi) is 8.61. The smallest absolute Gasteiger partial charge is 0.257 e. The van der Waals surface area contributed by atoms with Gasteiger partial charge in [0.1, 0.15) is 17.1 Å². The van der Waals surface area contributed by atoms with Gasteiger partial charge in [-0.1, -0.05) is 41.9 Å². The lowest BCUT2D eigenvalue weighted by molar-refractivity contribution is -0.123. The third-order valence-electron chi connectivity index (χ3n) is 6.72. The number of imidazole rings is 1. The number of hydrogen-bond donors (Lipinski definition) is 3. The van der Waals surface area contributed by atoms with Gasteiger partial charge in [0.2, 0.25) is 0 Å². The number of anilines is 1. The zero-order valence-corrected chi connectivity index (χ0v) is 23.0. The molecule has 1 saturated heterocycles. The number of hydrogen-bond acceptors (Lipinski definition) is 7. The number of pyridine rings is 1. The Morgan fingerprint density at radius 2 is 1.97 bits per heavy atom. The summed E-state index contributed by atoms with van der Waals surface area (Å²) < 4.78 is 5.63. The van der Waals surface area contributed by atoms with E-state index in [1.807, 2.05) is 49.3 Å². The molecule has 0 radical (unpaired) electrons. The van der Waals surface area contributed by atoms with E-state index in [1.54, 1.807) is 6.20 Å². The second-order valence-electron chi connectivity index (χ2n) is 10.1. The summed E-state index contributed by atoms with van der Waals surface area (Å²) in [7, 11) is 3.93. The molecule has 9 nitrogen and oxygen atoms in total. The van der Waals surface area contributed by atoms with Crippen molar-refractivity contribution >= 4 is 34.4 Å². The van der Waals surface area contributed by atoms with E-state index in [9.17, 15) is 4.79 Å². The van der Waals surface area contributed by atoms with E-state index in [-0.39, 0.29) is 18.6 Å². The van der Waals surface area contributed by atoms with E-state index >= 15 is 0 Å². The second kappa shape index (κ2) is 12.5. The maximum absolute atomic E-state index is 12.0. The van der Waals surface area contributed by atoms with E-state index in [1.165, 1.54) is 5.56 Å². The molecule has 1 aliphatic heterocycles. The maximum Gasteiger partial charge on any atom is 0.257 e. The highest BCUT2D eigenvalue weighted by atomic mass is 35.5. The summed E-state index contributed by atoms with van der Waals surface area (Å²) in [5.41, 5.74) is 4.42. The fourth-order valence-corrected chi connectivity index (χ4v) is 4.88. The Morgan fingerprint density at radius 3 is 2.74 bits per heavy atom. The summed E-state index contributed by atoms with van der Waals surface area (Å²) in [4.78, 5) is 29.0. The number of likely N-dealkylation sites (N-methyl/N-ethyl adjacent to an activating group) is 1. The number of aromatic amines is 1. The van der Waals surface area contributed by atoms with E-state index in [2.05, 4.69) is 49.8 Å². The minimum Gasteiger partial charge on any atom is -0.484 e. The summed E-state index contributed by atoms with van der Waals surface area (Å²) in [5, 5.41) is 7.04. The van der Waals surface area contributed by atoms with Crippen molar-refractivity contribution in [3.63, 3.8) is 0 Å². The van der Waals surface area contributed by atoms with E-state index in [4.69, 9.17) is 21.3 Å². The molecular formula is C29H34ClN7O2. The van der Waals surface area contributed by atoms with Crippen LogP contribution in [0.1, 0.15) is 12.0 Å². The summed E-state index contributed by atoms with van der Waals surface area (Å²) in [6.45, 7) is 4.24. The molecule has 0 unspecified atom stereocenters. The number of nitrogens with zero attached hydrogens (tertiary/aromatic N) is 4. The Hall–Kier alpha value is -3.66. The molecule has 0 bridgehead atoms. The molecule has 1 atom stereocenters. The van der Waals surface area contributed by atoms with Gasteiger partial charge in [-0.3, -0.25) is 9.69 Å². The molecule has 5 rings (SSSR count). The minimum atomic E-state index is -0.147. The van der Waals surface area contributed by atoms with Crippen LogP contribution in [0.15, 0.2) is 60.8 Å². The molecule has 3 N–H and O–H groups in total. The van der Waals surface area contributed by atoms with E-state index < -0.39 is 0 Å². The predicted molar refractivity (Wildman–Crippen MR) is 155 cm³/mol. The average molecular weight is 548 g/mol. The first-order valence-corrected chi connectivity index (χ1v) is 13.5. The van der Waals surface area contributed by atoms with Gasteiger partial charge in [0, 0.05) is 44.3 Å². The van der Waals surface area contributed by atoms with Crippen LogP contribution in [0.3, 0.4) is 0 Å². The van der Waals surface area contributed by atoms with Gasteiger partial charge in [0.05, 0.1) is 16.9 Å². The van der Waals surface area contributed by atoms with Crippen LogP contribution >= 0.6 is 11.6 Å². The number of amides is 1. The Bertz CT molecular complexity index is 1390. The van der Waals surface area contributed by atoms with Gasteiger partial charge in [-0.2, -0.15) is 0 Å². The number of aromatic nitrogens is 3. The second-order valence-corrected chi connectivity index (χ2v) is 10.5. The fourth-order valence-electron chi connectivity index (χ4n) is 4.68. The van der Waals surface area contributed by atoms with Crippen molar-refractivity contribution < 1.29 is 9.53 Å². The van der Waals surface area contributed by atoms with Crippen LogP contribution in [0, 0.1) is 0 Å². The fraction of sp³-hybridized carbons (Fsp3) is 0.345. The average Bonchev–Trinajstić information content (AvgIpc) is 3.57. The number of carbonyl (C=O) groups excluding carboxylic acids is 1. The summed E-state index contributed by atoms with van der Waals surface area (Å²) in [6, 6.07) is 18.3. The van der Waals surface area contributed by atoms with Crippen molar-refractivity contribution in [2.75, 3.05) is 52.2 Å². The number of ether oxygens (including phenoxy) is 1. The first-order valence-electron chi connectivity index (χ1n) is 13.2. The van der Waals surface area contributed by atoms with Gasteiger partial charge >= 0.3 is 0 Å². The van der Waals surface area contributed by atoms with Crippen LogP contribution in [0.2, 0.25) is 5.02 Å². The van der Waals surface area contributed by atoms with Gasteiger partial charge in [0.25, 0.3) is 5.91 Å². The van der Waals surface area contributed by atoms with Gasteiger partial charge in [-0.15, -0.1) is 0 Å². The Balaban J connectivity index is 1.22. The quantitative estimate of drug-likeness (QED) is 0.261. The van der Waals surface area contributed by atoms with Crippen molar-refractivity contribution in [1.29, 1.82) is 0 Å². The highest BCUT2D eigenvalue weighted by Crippen LogP contribution is 2.32. The van der Waals surface area contributed by atoms with E-state index in [0.29, 0.717) is 28.8 Å². The molecule has 0 spiro atoms. The van der Waals surface area contributed by atoms with Crippen LogP contribution in [-0.4, -0.2) is 83.6 Å². The Labute approximate surface area is 233 Å². The molecule has 2 aromatic heterocycles. The van der Waals surface area contributed by atoms with Crippen molar-refractivity contribution in [2.24, 2.45) is 0 Å². The molecule has 0 saturated carbocycles. The third kappa shape index (κ3) is 7.06. The first kappa shape index (κ1) is 26.9. The molecule has 1 amide bonds. The molecule has 39 heavy (non-hydrogen) atoms. The van der Waals surface area contributed by atoms with Crippen molar-refractivity contribution in [3.8, 4) is 17.1 Å². The largest absolute Gasteiger partial charge is 0.484 e. The highest BCUT2D eigenvalue weighted by Gasteiger charge is 2.24. The lowest BCUT2D eigenvalue weighted by Crippen LogP contribution is -2.34. The van der Waals surface area contributed by atoms with Crippen LogP contribution in [0.4, 0.5) is 5.69 Å². The molecule has 0 aliphatic carbocycles. The predicted octanol–water partition coefficient (Wildman–Crippen LogP) is 4.02. The topological polar surface area (TPSA) is 98.4 Å². The summed E-state index contributed by atoms with van der Waals surface area (Å²) in [6.07, 6.45) is 2.68. The van der Waals surface area contributed by atoms with Gasteiger partial charge in [-0.05, 0) is 50.3 Å². The van der Waals surface area contributed by atoms with Crippen LogP contribution in [-0.2, 0) is 11.3 Å². The molecule has 1 aliphatic rings. The maximum atomic E-state index is 12.0. The molecule has 4 aromatic rings. The van der Waals surface area contributed by atoms with Gasteiger partial charge < -0.3 is 25.3 Å². The number of rotatable bonds is 11. The van der Waals surface area contributed by atoms with Gasteiger partial charge in [0.15, 0.2) is 12.3 Å². The molecule has 2 aromatic carbocycles. The van der Waals surface area contributed by atoms with Crippen LogP contribution in [0.5, 0.6) is 5.75 Å². The molecule has 10 heteroatoms. The summed E-state index contributed by atoms with van der Waals surface area (Å²) in [5.74, 6) is 1.15. The minimum absolute atomic E-state index is 0.0290. The standard InChI is InChI=1S/C29H34ClN7O2/c1-36(2)15-13-31-25(38)19-39-23-10-8-21(9-11-23)28-34-27-26(24(30)16-32-29(27)35-28)33-22-12-14-37(18-22)17-20-6-4-3-5-7-20/h3-11,16,22H,12-15,17-19H2,1-2H3,(H,31,38)(H2,32,33,34,35)/t22-/m1/s1. The molecule has 204 valence electrons. The van der Waals surface area contributed by atoms with Crippen molar-refractivity contribution in [2.45, 2.75) is 19.0 Å². The Morgan fingerprint density at radius 1 is 1.18 bits per heavy atom. The first-order chi connectivity index (χ1) is 18.9. The summed E-state index contributed by atoms with van der Waals surface area (Å²) >= 11 is 6.59. The van der Waals surface area contributed by atoms with E-state index in [0.717, 1.165) is 49.4 Å². The number of fused-ring (bicyclic) bond motifs is 1. The monoisotopic (exact) mass is 547 g/mol. The normalized spacial score (nSPS) is 15.6. The molecular weight excluding hydrogens is 514 g/mol. The van der Waals surface area contributed by atoms with Crippen molar-refractivity contribution in [1.82, 2.24) is 30.1 Å². The number of halogens is 1. The lowest BCUT2D eigenvalue weighted by Gasteiger charge is -2.18. The zero-order chi connectivity index (χ0) is 27.2. The van der Waals surface area contributed by atoms with Gasteiger partial charge in [-0.25, -0.2) is 9.97 Å². The van der Waals surface area contributed by atoms with Crippen LogP contribution < -0.4 is 15.4 Å².